The Hall–Kier alpha value is -2.80. The van der Waals surface area contributed by atoms with Crippen molar-refractivity contribution in [3.05, 3.63) is 41.5 Å². The molecule has 0 aromatic heterocycles. The molecule has 0 aliphatic carbocycles. The van der Waals surface area contributed by atoms with Crippen molar-refractivity contribution >= 4 is 0 Å². The van der Waals surface area contributed by atoms with Crippen molar-refractivity contribution in [2.75, 3.05) is 13.2 Å². The number of phenols is 4. The van der Waals surface area contributed by atoms with E-state index in [2.05, 4.69) is 0 Å². The second-order valence-corrected chi connectivity index (χ2v) is 7.83. The van der Waals surface area contributed by atoms with Crippen LogP contribution in [-0.2, 0) is 15.9 Å². The molecule has 0 unspecified atom stereocenters. The van der Waals surface area contributed by atoms with Gasteiger partial charge in [0.15, 0.2) is 17.6 Å². The van der Waals surface area contributed by atoms with E-state index in [1.165, 1.54) is 24.3 Å². The van der Waals surface area contributed by atoms with Crippen LogP contribution in [0.4, 0.5) is 0 Å². The molecule has 2 aliphatic heterocycles. The van der Waals surface area contributed by atoms with Crippen LogP contribution in [0.1, 0.15) is 17.2 Å². The molecule has 2 aliphatic rings. The van der Waals surface area contributed by atoms with Crippen LogP contribution in [0, 0.1) is 0 Å². The van der Waals surface area contributed by atoms with Crippen LogP contribution < -0.4 is 4.74 Å². The molecular formula is C21H24O11. The minimum absolute atomic E-state index is 0.0362. The Kier molecular flexibility index (Phi) is 5.79. The number of aliphatic hydroxyl groups is 4. The molecule has 0 spiro atoms. The average Bonchev–Trinajstić information content (AvgIpc) is 3.00. The minimum Gasteiger partial charge on any atom is -0.508 e. The first-order valence-electron chi connectivity index (χ1n) is 9.86. The Labute approximate surface area is 181 Å². The number of aromatic hydroxyl groups is 4. The number of phenolic OH excluding ortho intramolecular Hbond substituents is 4. The van der Waals surface area contributed by atoms with Crippen LogP contribution in [0.3, 0.4) is 0 Å². The Morgan fingerprint density at radius 1 is 0.969 bits per heavy atom. The molecule has 4 rings (SSSR count). The van der Waals surface area contributed by atoms with Crippen LogP contribution >= 0.6 is 0 Å². The highest BCUT2D eigenvalue weighted by molar-refractivity contribution is 5.52. The number of rotatable bonds is 5. The molecule has 0 bridgehead atoms. The summed E-state index contributed by atoms with van der Waals surface area (Å²) in [7, 11) is 0. The molecule has 6 atom stereocenters. The molecule has 2 aromatic carbocycles. The van der Waals surface area contributed by atoms with Crippen molar-refractivity contribution in [1.29, 1.82) is 0 Å². The number of fused-ring (bicyclic) bond motifs is 1. The molecule has 0 radical (unpaired) electrons. The third-order valence-electron chi connectivity index (χ3n) is 5.75. The lowest BCUT2D eigenvalue weighted by molar-refractivity contribution is -0.304. The Morgan fingerprint density at radius 2 is 1.72 bits per heavy atom. The summed E-state index contributed by atoms with van der Waals surface area (Å²) >= 11 is 0. The summed E-state index contributed by atoms with van der Waals surface area (Å²) in [4.78, 5) is 0. The summed E-state index contributed by atoms with van der Waals surface area (Å²) in [6.45, 7) is -1.51. The van der Waals surface area contributed by atoms with Crippen molar-refractivity contribution in [3.8, 4) is 28.7 Å². The molecule has 2 heterocycles. The molecule has 8 N–H and O–H groups in total. The third kappa shape index (κ3) is 3.68. The quantitative estimate of drug-likeness (QED) is 0.270. The van der Waals surface area contributed by atoms with Gasteiger partial charge in [0.05, 0.1) is 6.61 Å². The lowest BCUT2D eigenvalue weighted by atomic mass is 9.93. The lowest BCUT2D eigenvalue weighted by Gasteiger charge is -2.40. The molecule has 2 aromatic rings. The summed E-state index contributed by atoms with van der Waals surface area (Å²) in [6.07, 6.45) is -6.56. The number of hydrogen-bond acceptors (Lipinski definition) is 11. The molecule has 32 heavy (non-hydrogen) atoms. The van der Waals surface area contributed by atoms with Crippen LogP contribution in [0.2, 0.25) is 0 Å². The van der Waals surface area contributed by atoms with E-state index in [1.807, 2.05) is 0 Å². The second kappa shape index (κ2) is 8.28. The van der Waals surface area contributed by atoms with Gasteiger partial charge in [0.2, 0.25) is 5.79 Å². The van der Waals surface area contributed by atoms with Crippen LogP contribution in [0.25, 0.3) is 0 Å². The smallest absolute Gasteiger partial charge is 0.222 e. The monoisotopic (exact) mass is 452 g/mol. The molecular weight excluding hydrogens is 428 g/mol. The average molecular weight is 452 g/mol. The van der Waals surface area contributed by atoms with Gasteiger partial charge in [0, 0.05) is 24.1 Å². The van der Waals surface area contributed by atoms with Crippen LogP contribution in [-0.4, -0.2) is 84.3 Å². The molecule has 1 saturated heterocycles. The summed E-state index contributed by atoms with van der Waals surface area (Å²) in [5.41, 5.74) is 0.602. The van der Waals surface area contributed by atoms with E-state index in [0.29, 0.717) is 5.56 Å². The topological polar surface area (TPSA) is 190 Å². The molecule has 0 amide bonds. The second-order valence-electron chi connectivity index (χ2n) is 7.83. The maximum absolute atomic E-state index is 10.5. The van der Waals surface area contributed by atoms with Crippen molar-refractivity contribution in [2.45, 2.75) is 42.7 Å². The highest BCUT2D eigenvalue weighted by Crippen LogP contribution is 2.46. The van der Waals surface area contributed by atoms with E-state index in [9.17, 15) is 40.9 Å². The van der Waals surface area contributed by atoms with Crippen molar-refractivity contribution in [3.63, 3.8) is 0 Å². The first-order valence-corrected chi connectivity index (χ1v) is 9.86. The molecule has 174 valence electrons. The van der Waals surface area contributed by atoms with Gasteiger partial charge < -0.3 is 55.1 Å². The van der Waals surface area contributed by atoms with Gasteiger partial charge in [-0.05, 0) is 17.7 Å². The maximum Gasteiger partial charge on any atom is 0.222 e. The fraction of sp³-hybridized carbons (Fsp3) is 0.429. The van der Waals surface area contributed by atoms with E-state index in [1.54, 1.807) is 0 Å². The minimum atomic E-state index is -2.11. The lowest BCUT2D eigenvalue weighted by Crippen LogP contribution is -2.52. The van der Waals surface area contributed by atoms with E-state index in [4.69, 9.17) is 14.2 Å². The normalized spacial score (nSPS) is 31.8. The zero-order valence-electron chi connectivity index (χ0n) is 16.7. The standard InChI is InChI=1S/C21H24O11/c22-7-17-18(28)20(29)21(8-23,32-17)31-16-6-11-13(26)4-10(24)5-15(11)30-19(16)9-1-2-12(25)14(27)3-9/h1-5,16-20,22-29H,6-8H2/t16-,17-,18-,19-,20+,21-/m1/s1. The third-order valence-corrected chi connectivity index (χ3v) is 5.75. The summed E-state index contributed by atoms with van der Waals surface area (Å²) in [5.74, 6) is -3.29. The Balaban J connectivity index is 1.75. The summed E-state index contributed by atoms with van der Waals surface area (Å²) in [5, 5.41) is 79.7. The fourth-order valence-electron chi connectivity index (χ4n) is 4.08. The zero-order valence-corrected chi connectivity index (χ0v) is 16.7. The van der Waals surface area contributed by atoms with Crippen LogP contribution in [0.15, 0.2) is 30.3 Å². The summed E-state index contributed by atoms with van der Waals surface area (Å²) < 4.78 is 17.4. The van der Waals surface area contributed by atoms with Crippen molar-refractivity contribution in [1.82, 2.24) is 0 Å². The van der Waals surface area contributed by atoms with Gasteiger partial charge in [-0.2, -0.15) is 0 Å². The molecule has 11 heteroatoms. The van der Waals surface area contributed by atoms with Crippen molar-refractivity contribution < 1.29 is 55.1 Å². The predicted molar refractivity (Wildman–Crippen MR) is 105 cm³/mol. The maximum atomic E-state index is 10.5. The van der Waals surface area contributed by atoms with Gasteiger partial charge in [0.25, 0.3) is 0 Å². The van der Waals surface area contributed by atoms with Crippen molar-refractivity contribution in [2.24, 2.45) is 0 Å². The van der Waals surface area contributed by atoms with E-state index in [-0.39, 0.29) is 35.0 Å². The zero-order chi connectivity index (χ0) is 23.2. The number of benzene rings is 2. The first kappa shape index (κ1) is 22.4. The van der Waals surface area contributed by atoms with Crippen LogP contribution in [0.5, 0.6) is 28.7 Å². The van der Waals surface area contributed by atoms with Gasteiger partial charge in [-0.25, -0.2) is 0 Å². The SMILES string of the molecule is OC[C@H]1O[C@@](CO)(O[C@@H]2Cc3c(O)cc(O)cc3O[C@@H]2c2ccc(O)c(O)c2)[C@@H](O)[C@@H]1O. The molecule has 0 saturated carbocycles. The highest BCUT2D eigenvalue weighted by Gasteiger charge is 2.57. The van der Waals surface area contributed by atoms with E-state index < -0.39 is 55.3 Å². The molecule has 11 nitrogen and oxygen atoms in total. The Morgan fingerprint density at radius 3 is 2.34 bits per heavy atom. The van der Waals surface area contributed by atoms with Gasteiger partial charge >= 0.3 is 0 Å². The van der Waals surface area contributed by atoms with Gasteiger partial charge in [0.1, 0.15) is 48.3 Å². The number of aliphatic hydroxyl groups excluding tert-OH is 4. The fourth-order valence-corrected chi connectivity index (χ4v) is 4.08. The van der Waals surface area contributed by atoms with E-state index in [0.717, 1.165) is 6.07 Å². The van der Waals surface area contributed by atoms with Gasteiger partial charge in [-0.15, -0.1) is 0 Å². The van der Waals surface area contributed by atoms with Gasteiger partial charge in [-0.3, -0.25) is 0 Å². The predicted octanol–water partition coefficient (Wildman–Crippen LogP) is -0.628. The largest absolute Gasteiger partial charge is 0.508 e. The highest BCUT2D eigenvalue weighted by atomic mass is 16.7. The van der Waals surface area contributed by atoms with Gasteiger partial charge in [-0.1, -0.05) is 6.07 Å². The summed E-state index contributed by atoms with van der Waals surface area (Å²) in [6, 6.07) is 6.31. The Bertz CT molecular complexity index is 996. The molecule has 1 fully saturated rings. The number of hydrogen-bond donors (Lipinski definition) is 8. The number of ether oxygens (including phenoxy) is 3. The van der Waals surface area contributed by atoms with E-state index >= 15 is 0 Å². The first-order chi connectivity index (χ1) is 15.2.